The van der Waals surface area contributed by atoms with E-state index in [1.54, 1.807) is 24.3 Å². The number of nitrogen functional groups attached to an aromatic ring is 1. The van der Waals surface area contributed by atoms with Gasteiger partial charge in [0, 0.05) is 18.6 Å². The van der Waals surface area contributed by atoms with E-state index in [4.69, 9.17) is 19.6 Å². The highest BCUT2D eigenvalue weighted by atomic mass is 32.1. The molecule has 4 N–H and O–H groups in total. The van der Waals surface area contributed by atoms with Crippen LogP contribution in [-0.4, -0.2) is 45.9 Å². The van der Waals surface area contributed by atoms with Gasteiger partial charge < -0.3 is 35.2 Å². The normalized spacial score (nSPS) is 17.6. The molecule has 12 heteroatoms. The molecular formula is C30H35N5O6S. The first-order valence-corrected chi connectivity index (χ1v) is 15.3. The van der Waals surface area contributed by atoms with Crippen molar-refractivity contribution in [2.45, 2.75) is 82.5 Å². The second-order valence-electron chi connectivity index (χ2n) is 11.1. The van der Waals surface area contributed by atoms with Crippen LogP contribution >= 0.6 is 11.5 Å². The Balaban J connectivity index is 1.32. The Labute approximate surface area is 247 Å². The third-order valence-electron chi connectivity index (χ3n) is 8.20. The van der Waals surface area contributed by atoms with Crippen molar-refractivity contribution < 1.29 is 28.3 Å². The number of ether oxygens (including phenoxy) is 2. The summed E-state index contributed by atoms with van der Waals surface area (Å²) in [6.07, 6.45) is 10.4. The number of anilines is 1. The molecule has 0 saturated heterocycles. The summed E-state index contributed by atoms with van der Waals surface area (Å²) in [5.41, 5.74) is 7.17. The fourth-order valence-corrected chi connectivity index (χ4v) is 6.74. The molecule has 1 aromatic carbocycles. The number of hydrogen-bond acceptors (Lipinski definition) is 9. The molecule has 0 radical (unpaired) electrons. The maximum atomic E-state index is 14.3. The van der Waals surface area contributed by atoms with E-state index in [1.165, 1.54) is 11.2 Å². The highest BCUT2D eigenvalue weighted by molar-refractivity contribution is 7.09. The van der Waals surface area contributed by atoms with Crippen molar-refractivity contribution in [2.24, 2.45) is 0 Å². The van der Waals surface area contributed by atoms with Gasteiger partial charge in [0.2, 0.25) is 6.79 Å². The van der Waals surface area contributed by atoms with Crippen molar-refractivity contribution in [3.63, 3.8) is 0 Å². The maximum absolute atomic E-state index is 14.3. The van der Waals surface area contributed by atoms with Gasteiger partial charge in [0.1, 0.15) is 10.6 Å². The van der Waals surface area contributed by atoms with Crippen LogP contribution in [0.2, 0.25) is 0 Å². The molecule has 6 rings (SSSR count). The summed E-state index contributed by atoms with van der Waals surface area (Å²) in [6, 6.07) is 7.75. The molecule has 3 aliphatic rings. The van der Waals surface area contributed by atoms with Gasteiger partial charge in [-0.05, 0) is 67.0 Å². The van der Waals surface area contributed by atoms with Crippen molar-refractivity contribution in [1.82, 2.24) is 19.9 Å². The number of nitrogens with two attached hydrogens (primary N) is 1. The molecule has 2 aromatic heterocycles. The predicted octanol–water partition coefficient (Wildman–Crippen LogP) is 4.55. The average molecular weight is 594 g/mol. The molecule has 222 valence electrons. The SMILES string of the molecule is Nc1c(C(=O)NC2CCCCC2)nsc1C(=O)N(Cc1ccc2c(c1)OCO2)[C@@H](C(=O)NC1CCCC1)c1ccco1. The van der Waals surface area contributed by atoms with Crippen LogP contribution in [0.1, 0.15) is 95.3 Å². The summed E-state index contributed by atoms with van der Waals surface area (Å²) < 4.78 is 21.0. The van der Waals surface area contributed by atoms with Crippen molar-refractivity contribution in [2.75, 3.05) is 12.5 Å². The lowest BCUT2D eigenvalue weighted by molar-refractivity contribution is -0.127. The van der Waals surface area contributed by atoms with E-state index in [9.17, 15) is 14.4 Å². The van der Waals surface area contributed by atoms with Crippen LogP contribution in [0.4, 0.5) is 5.69 Å². The maximum Gasteiger partial charge on any atom is 0.273 e. The van der Waals surface area contributed by atoms with Gasteiger partial charge in [-0.15, -0.1) is 0 Å². The molecule has 3 heterocycles. The summed E-state index contributed by atoms with van der Waals surface area (Å²) >= 11 is 0.859. The Kier molecular flexibility index (Phi) is 8.31. The fourth-order valence-electron chi connectivity index (χ4n) is 5.98. The Morgan fingerprint density at radius 3 is 2.43 bits per heavy atom. The number of nitrogens with one attached hydrogen (secondary N) is 2. The molecule has 0 unspecified atom stereocenters. The first kappa shape index (κ1) is 28.1. The standard InChI is InChI=1S/C30H35N5O6S/c31-24-25(28(36)32-19-7-2-1-3-8-19)34-42-27(24)30(38)35(16-18-12-13-21-23(15-18)41-17-40-21)26(22-11-6-14-39-22)29(37)33-20-9-4-5-10-20/h6,11-15,19-20,26H,1-5,7-10,16-17,31H2,(H,32,36)(H,33,37)/t26-/m1/s1. The number of nitrogens with zero attached hydrogens (tertiary/aromatic N) is 2. The second-order valence-corrected chi connectivity index (χ2v) is 11.9. The van der Waals surface area contributed by atoms with Gasteiger partial charge in [0.25, 0.3) is 17.7 Å². The van der Waals surface area contributed by atoms with Gasteiger partial charge in [0.05, 0.1) is 12.0 Å². The minimum Gasteiger partial charge on any atom is -0.467 e. The molecule has 3 amide bonds. The minimum absolute atomic E-state index is 0.00314. The van der Waals surface area contributed by atoms with E-state index in [1.807, 2.05) is 6.07 Å². The molecule has 2 fully saturated rings. The summed E-state index contributed by atoms with van der Waals surface area (Å²) in [4.78, 5) is 42.8. The zero-order chi connectivity index (χ0) is 29.1. The lowest BCUT2D eigenvalue weighted by Crippen LogP contribution is -2.45. The molecule has 1 atom stereocenters. The molecule has 2 saturated carbocycles. The Bertz CT molecular complexity index is 1430. The monoisotopic (exact) mass is 593 g/mol. The van der Waals surface area contributed by atoms with E-state index in [2.05, 4.69) is 15.0 Å². The Morgan fingerprint density at radius 1 is 0.976 bits per heavy atom. The van der Waals surface area contributed by atoms with Crippen LogP contribution in [0.15, 0.2) is 41.0 Å². The average Bonchev–Trinajstić information content (AvgIpc) is 3.81. The third kappa shape index (κ3) is 5.94. The van der Waals surface area contributed by atoms with Gasteiger partial charge in [-0.3, -0.25) is 14.4 Å². The van der Waals surface area contributed by atoms with Crippen molar-refractivity contribution >= 4 is 34.9 Å². The van der Waals surface area contributed by atoms with Gasteiger partial charge in [-0.25, -0.2) is 0 Å². The zero-order valence-corrected chi connectivity index (χ0v) is 24.1. The number of amides is 3. The number of aromatic nitrogens is 1. The van der Waals surface area contributed by atoms with Gasteiger partial charge in [-0.2, -0.15) is 4.37 Å². The van der Waals surface area contributed by atoms with Crippen LogP contribution in [0, 0.1) is 0 Å². The highest BCUT2D eigenvalue weighted by Crippen LogP contribution is 2.35. The van der Waals surface area contributed by atoms with Crippen LogP contribution in [0.25, 0.3) is 0 Å². The molecule has 1 aliphatic heterocycles. The summed E-state index contributed by atoms with van der Waals surface area (Å²) in [7, 11) is 0. The van der Waals surface area contributed by atoms with Crippen molar-refractivity contribution in [1.29, 1.82) is 0 Å². The van der Waals surface area contributed by atoms with Crippen molar-refractivity contribution in [3.05, 3.63) is 58.5 Å². The fraction of sp³-hybridized carbons (Fsp3) is 0.467. The van der Waals surface area contributed by atoms with Gasteiger partial charge in [-0.1, -0.05) is 38.2 Å². The summed E-state index contributed by atoms with van der Waals surface area (Å²) in [5.74, 6) is 0.227. The summed E-state index contributed by atoms with van der Waals surface area (Å²) in [5, 5.41) is 6.14. The number of hydrogen-bond donors (Lipinski definition) is 3. The van der Waals surface area contributed by atoms with E-state index >= 15 is 0 Å². The number of fused-ring (bicyclic) bond motifs is 1. The minimum atomic E-state index is -1.08. The molecule has 3 aromatic rings. The highest BCUT2D eigenvalue weighted by Gasteiger charge is 2.38. The molecule has 42 heavy (non-hydrogen) atoms. The van der Waals surface area contributed by atoms with E-state index in [-0.39, 0.29) is 47.6 Å². The number of furan rings is 1. The van der Waals surface area contributed by atoms with E-state index in [0.717, 1.165) is 74.9 Å². The molecule has 0 spiro atoms. The Hall–Kier alpha value is -4.06. The number of carbonyl (C=O) groups excluding carboxylic acids is 3. The quantitative estimate of drug-likeness (QED) is 0.327. The number of carbonyl (C=O) groups is 3. The molecule has 2 aliphatic carbocycles. The van der Waals surface area contributed by atoms with Crippen LogP contribution in [0.5, 0.6) is 11.5 Å². The molecule has 0 bridgehead atoms. The summed E-state index contributed by atoms with van der Waals surface area (Å²) in [6.45, 7) is 0.156. The zero-order valence-electron chi connectivity index (χ0n) is 23.3. The van der Waals surface area contributed by atoms with Crippen molar-refractivity contribution in [3.8, 4) is 11.5 Å². The van der Waals surface area contributed by atoms with E-state index < -0.39 is 17.9 Å². The second kappa shape index (κ2) is 12.4. The Morgan fingerprint density at radius 2 is 1.69 bits per heavy atom. The molecule has 11 nitrogen and oxygen atoms in total. The van der Waals surface area contributed by atoms with E-state index in [0.29, 0.717) is 17.3 Å². The lowest BCUT2D eigenvalue weighted by atomic mass is 9.95. The van der Waals surface area contributed by atoms with Crippen LogP contribution < -0.4 is 25.8 Å². The number of rotatable bonds is 9. The smallest absolute Gasteiger partial charge is 0.273 e. The predicted molar refractivity (Wildman–Crippen MR) is 155 cm³/mol. The first-order chi connectivity index (χ1) is 20.5. The first-order valence-electron chi connectivity index (χ1n) is 14.6. The third-order valence-corrected chi connectivity index (χ3v) is 9.05. The largest absolute Gasteiger partial charge is 0.467 e. The topological polar surface area (TPSA) is 149 Å². The van der Waals surface area contributed by atoms with Crippen LogP contribution in [-0.2, 0) is 11.3 Å². The van der Waals surface area contributed by atoms with Crippen LogP contribution in [0.3, 0.4) is 0 Å². The van der Waals surface area contributed by atoms with Gasteiger partial charge in [0.15, 0.2) is 23.2 Å². The lowest BCUT2D eigenvalue weighted by Gasteiger charge is -2.30. The molecular weight excluding hydrogens is 558 g/mol. The van der Waals surface area contributed by atoms with Gasteiger partial charge >= 0.3 is 0 Å². The number of benzene rings is 1.